The van der Waals surface area contributed by atoms with Crippen molar-refractivity contribution in [1.82, 2.24) is 5.32 Å². The van der Waals surface area contributed by atoms with Gasteiger partial charge in [0, 0.05) is 9.50 Å². The molecule has 124 valence electrons. The van der Waals surface area contributed by atoms with E-state index in [0.717, 1.165) is 0 Å². The van der Waals surface area contributed by atoms with Crippen molar-refractivity contribution in [3.63, 3.8) is 0 Å². The number of hydrogen-bond acceptors (Lipinski definition) is 3. The van der Waals surface area contributed by atoms with Crippen LogP contribution in [0.1, 0.15) is 20.7 Å². The van der Waals surface area contributed by atoms with Crippen LogP contribution in [0, 0.1) is 0 Å². The van der Waals surface area contributed by atoms with Crippen molar-refractivity contribution in [2.24, 2.45) is 0 Å². The summed E-state index contributed by atoms with van der Waals surface area (Å²) in [5.74, 6) is -1.69. The summed E-state index contributed by atoms with van der Waals surface area (Å²) < 4.78 is 0.603. The fourth-order valence-electron chi connectivity index (χ4n) is 1.80. The Morgan fingerprint density at radius 1 is 1.08 bits per heavy atom. The van der Waals surface area contributed by atoms with E-state index < -0.39 is 11.9 Å². The van der Waals surface area contributed by atoms with Crippen LogP contribution in [-0.2, 0) is 0 Å². The maximum Gasteiger partial charge on any atom is 0.337 e. The summed E-state index contributed by atoms with van der Waals surface area (Å²) in [7, 11) is 0. The number of hydrogen-bond donors (Lipinski definition) is 3. The van der Waals surface area contributed by atoms with Gasteiger partial charge in [-0.3, -0.25) is 10.1 Å². The van der Waals surface area contributed by atoms with Gasteiger partial charge in [0.05, 0.1) is 21.8 Å². The molecule has 24 heavy (non-hydrogen) atoms. The Morgan fingerprint density at radius 2 is 1.79 bits per heavy atom. The highest BCUT2D eigenvalue weighted by atomic mass is 79.9. The number of nitrogens with one attached hydrogen (secondary N) is 2. The zero-order chi connectivity index (χ0) is 17.9. The first-order valence-corrected chi connectivity index (χ1v) is 8.34. The highest BCUT2D eigenvalue weighted by Gasteiger charge is 2.15. The molecular weight excluding hydrogens is 439 g/mol. The quantitative estimate of drug-likeness (QED) is 0.600. The molecule has 0 bridgehead atoms. The molecule has 0 unspecified atom stereocenters. The molecule has 0 aliphatic heterocycles. The number of thiocarbonyl (C=S) groups is 1. The van der Waals surface area contributed by atoms with Crippen LogP contribution < -0.4 is 10.6 Å². The second-order valence-electron chi connectivity index (χ2n) is 4.53. The number of carbonyl (C=O) groups excluding carboxylic acids is 1. The summed E-state index contributed by atoms with van der Waals surface area (Å²) in [6.45, 7) is 0. The summed E-state index contributed by atoms with van der Waals surface area (Å²) >= 11 is 20.0. The number of halogens is 3. The van der Waals surface area contributed by atoms with E-state index >= 15 is 0 Å². The van der Waals surface area contributed by atoms with Gasteiger partial charge in [-0.05, 0) is 48.6 Å². The molecule has 0 radical (unpaired) electrons. The molecule has 1 amide bonds. The Hall–Kier alpha value is -1.67. The molecule has 9 heteroatoms. The minimum atomic E-state index is -1.13. The van der Waals surface area contributed by atoms with Crippen molar-refractivity contribution in [3.8, 4) is 0 Å². The fourth-order valence-corrected chi connectivity index (χ4v) is 2.74. The van der Waals surface area contributed by atoms with E-state index in [9.17, 15) is 14.7 Å². The fraction of sp³-hybridized carbons (Fsp3) is 0. The van der Waals surface area contributed by atoms with Gasteiger partial charge in [0.2, 0.25) is 0 Å². The van der Waals surface area contributed by atoms with Gasteiger partial charge in [0.1, 0.15) is 0 Å². The lowest BCUT2D eigenvalue weighted by atomic mass is 10.2. The summed E-state index contributed by atoms with van der Waals surface area (Å²) in [4.78, 5) is 23.4. The third-order valence-electron chi connectivity index (χ3n) is 2.86. The Kier molecular flexibility index (Phi) is 6.17. The monoisotopic (exact) mass is 446 g/mol. The molecule has 0 heterocycles. The van der Waals surface area contributed by atoms with Crippen LogP contribution in [0.4, 0.5) is 5.69 Å². The molecule has 0 saturated carbocycles. The first-order chi connectivity index (χ1) is 11.3. The van der Waals surface area contributed by atoms with Gasteiger partial charge in [-0.15, -0.1) is 0 Å². The molecule has 2 rings (SSSR count). The lowest BCUT2D eigenvalue weighted by Crippen LogP contribution is -2.34. The van der Waals surface area contributed by atoms with Crippen molar-refractivity contribution in [1.29, 1.82) is 0 Å². The third-order valence-corrected chi connectivity index (χ3v) is 4.12. The molecule has 5 nitrogen and oxygen atoms in total. The molecule has 0 atom stereocenters. The largest absolute Gasteiger partial charge is 0.478 e. The smallest absolute Gasteiger partial charge is 0.337 e. The molecule has 2 aromatic carbocycles. The number of carbonyl (C=O) groups is 2. The van der Waals surface area contributed by atoms with Crippen LogP contribution in [0.2, 0.25) is 10.0 Å². The predicted octanol–water partition coefficient (Wildman–Crippen LogP) is 4.58. The van der Waals surface area contributed by atoms with E-state index in [1.165, 1.54) is 24.3 Å². The molecule has 0 aromatic heterocycles. The Morgan fingerprint density at radius 3 is 2.46 bits per heavy atom. The second kappa shape index (κ2) is 7.94. The summed E-state index contributed by atoms with van der Waals surface area (Å²) in [6.07, 6.45) is 0. The van der Waals surface area contributed by atoms with Crippen LogP contribution >= 0.6 is 51.3 Å². The highest BCUT2D eigenvalue weighted by molar-refractivity contribution is 9.10. The van der Waals surface area contributed by atoms with E-state index in [-0.39, 0.29) is 26.9 Å². The van der Waals surface area contributed by atoms with E-state index in [2.05, 4.69) is 26.6 Å². The van der Waals surface area contributed by atoms with Crippen LogP contribution in [0.15, 0.2) is 40.9 Å². The van der Waals surface area contributed by atoms with Crippen molar-refractivity contribution in [2.45, 2.75) is 0 Å². The van der Waals surface area contributed by atoms with Crippen molar-refractivity contribution < 1.29 is 14.7 Å². The van der Waals surface area contributed by atoms with Crippen LogP contribution in [0.5, 0.6) is 0 Å². The molecule has 0 fully saturated rings. The van der Waals surface area contributed by atoms with E-state index in [4.69, 9.17) is 35.4 Å². The topological polar surface area (TPSA) is 78.4 Å². The average Bonchev–Trinajstić information content (AvgIpc) is 2.51. The summed E-state index contributed by atoms with van der Waals surface area (Å²) in [5, 5.41) is 14.8. The normalized spacial score (nSPS) is 10.1. The zero-order valence-corrected chi connectivity index (χ0v) is 15.7. The number of aromatic carboxylic acids is 1. The third kappa shape index (κ3) is 4.67. The lowest BCUT2D eigenvalue weighted by molar-refractivity contribution is 0.0697. The minimum absolute atomic E-state index is 0.00163. The van der Waals surface area contributed by atoms with Crippen LogP contribution in [-0.4, -0.2) is 22.1 Å². The molecule has 0 aliphatic rings. The first kappa shape index (κ1) is 18.7. The second-order valence-corrected chi connectivity index (χ2v) is 6.70. The number of carboxylic acids is 1. The number of rotatable bonds is 3. The number of anilines is 1. The minimum Gasteiger partial charge on any atom is -0.478 e. The van der Waals surface area contributed by atoms with Gasteiger partial charge in [0.25, 0.3) is 5.91 Å². The van der Waals surface area contributed by atoms with Gasteiger partial charge in [0.15, 0.2) is 5.11 Å². The standard InChI is InChI=1S/C15H9BrCl2N2O3S/c16-7-1-4-12(10(5-7)14(22)23)19-15(24)20-13(21)9-6-8(17)2-3-11(9)18/h1-6H,(H,22,23)(H2,19,20,21,24). The van der Waals surface area contributed by atoms with Crippen LogP contribution in [0.25, 0.3) is 0 Å². The Balaban J connectivity index is 2.15. The lowest BCUT2D eigenvalue weighted by Gasteiger charge is -2.12. The van der Waals surface area contributed by atoms with Gasteiger partial charge in [-0.25, -0.2) is 4.79 Å². The van der Waals surface area contributed by atoms with E-state index in [1.807, 2.05) is 0 Å². The Bertz CT molecular complexity index is 845. The number of benzene rings is 2. The average molecular weight is 448 g/mol. The molecule has 2 aromatic rings. The summed E-state index contributed by atoms with van der Waals surface area (Å²) in [5.41, 5.74) is 0.400. The molecule has 3 N–H and O–H groups in total. The zero-order valence-electron chi connectivity index (χ0n) is 11.8. The van der Waals surface area contributed by atoms with Crippen molar-refractivity contribution in [3.05, 3.63) is 62.0 Å². The van der Waals surface area contributed by atoms with Gasteiger partial charge in [-0.1, -0.05) is 39.1 Å². The highest BCUT2D eigenvalue weighted by Crippen LogP contribution is 2.22. The SMILES string of the molecule is O=C(NC(=S)Nc1ccc(Br)cc1C(=O)O)c1cc(Cl)ccc1Cl. The molecular formula is C15H9BrCl2N2O3S. The van der Waals surface area contributed by atoms with Crippen LogP contribution in [0.3, 0.4) is 0 Å². The van der Waals surface area contributed by atoms with Gasteiger partial charge in [-0.2, -0.15) is 0 Å². The van der Waals surface area contributed by atoms with Gasteiger partial charge >= 0.3 is 5.97 Å². The van der Waals surface area contributed by atoms with Gasteiger partial charge < -0.3 is 10.4 Å². The first-order valence-electron chi connectivity index (χ1n) is 6.38. The molecule has 0 spiro atoms. The maximum absolute atomic E-state index is 12.2. The van der Waals surface area contributed by atoms with E-state index in [1.54, 1.807) is 12.1 Å². The summed E-state index contributed by atoms with van der Waals surface area (Å²) in [6, 6.07) is 9.04. The molecule has 0 aliphatic carbocycles. The maximum atomic E-state index is 12.2. The van der Waals surface area contributed by atoms with Crippen molar-refractivity contribution in [2.75, 3.05) is 5.32 Å². The predicted molar refractivity (Wildman–Crippen MR) is 101 cm³/mol. The molecule has 0 saturated heterocycles. The van der Waals surface area contributed by atoms with E-state index in [0.29, 0.717) is 9.50 Å². The number of amides is 1. The number of carboxylic acid groups (broad SMARTS) is 1. The Labute approximate surface area is 161 Å². The van der Waals surface area contributed by atoms with Crippen molar-refractivity contribution >= 4 is 74.0 Å².